The summed E-state index contributed by atoms with van der Waals surface area (Å²) in [5.41, 5.74) is 0.288. The highest BCUT2D eigenvalue weighted by molar-refractivity contribution is 9.10. The van der Waals surface area contributed by atoms with Gasteiger partial charge in [0.15, 0.2) is 0 Å². The molecule has 1 rings (SSSR count). The standard InChI is InChI=1S/C8H6BrFN2O2/c9-6-2-1-5(3-7(6)10)12-8(13)4-11-14/h1-4,14H,(H,12,13). The van der Waals surface area contributed by atoms with Crippen molar-refractivity contribution < 1.29 is 14.4 Å². The van der Waals surface area contributed by atoms with E-state index < -0.39 is 11.7 Å². The molecule has 6 heteroatoms. The zero-order valence-corrected chi connectivity index (χ0v) is 8.45. The smallest absolute Gasteiger partial charge is 0.270 e. The number of anilines is 1. The van der Waals surface area contributed by atoms with Crippen LogP contribution >= 0.6 is 15.9 Å². The van der Waals surface area contributed by atoms with Gasteiger partial charge in [0.2, 0.25) is 0 Å². The van der Waals surface area contributed by atoms with Gasteiger partial charge in [-0.25, -0.2) is 4.39 Å². The minimum absolute atomic E-state index is 0.288. The molecular formula is C8H6BrFN2O2. The van der Waals surface area contributed by atoms with Crippen molar-refractivity contribution in [3.63, 3.8) is 0 Å². The predicted molar refractivity (Wildman–Crippen MR) is 53.0 cm³/mol. The van der Waals surface area contributed by atoms with Crippen LogP contribution in [-0.2, 0) is 4.79 Å². The molecule has 74 valence electrons. The minimum atomic E-state index is -0.630. The van der Waals surface area contributed by atoms with Gasteiger partial charge in [0.05, 0.1) is 4.47 Å². The number of oxime groups is 1. The Hall–Kier alpha value is -1.43. The fourth-order valence-corrected chi connectivity index (χ4v) is 1.05. The van der Waals surface area contributed by atoms with Crippen LogP contribution in [-0.4, -0.2) is 17.3 Å². The molecule has 0 aliphatic carbocycles. The number of benzene rings is 1. The normalized spacial score (nSPS) is 10.4. The van der Waals surface area contributed by atoms with Gasteiger partial charge in [-0.2, -0.15) is 0 Å². The first-order valence-corrected chi connectivity index (χ1v) is 4.36. The molecule has 0 saturated heterocycles. The van der Waals surface area contributed by atoms with Crippen molar-refractivity contribution in [3.8, 4) is 0 Å². The maximum absolute atomic E-state index is 12.9. The van der Waals surface area contributed by atoms with Crippen molar-refractivity contribution in [3.05, 3.63) is 28.5 Å². The lowest BCUT2D eigenvalue weighted by Gasteiger charge is -2.01. The first-order chi connectivity index (χ1) is 6.63. The second-order valence-electron chi connectivity index (χ2n) is 2.36. The van der Waals surface area contributed by atoms with Crippen molar-refractivity contribution in [1.82, 2.24) is 0 Å². The first kappa shape index (κ1) is 10.6. The largest absolute Gasteiger partial charge is 0.411 e. The Balaban J connectivity index is 2.78. The predicted octanol–water partition coefficient (Wildman–Crippen LogP) is 1.99. The van der Waals surface area contributed by atoms with E-state index in [1.165, 1.54) is 12.1 Å². The molecule has 1 aromatic rings. The quantitative estimate of drug-likeness (QED) is 0.485. The van der Waals surface area contributed by atoms with Crippen LogP contribution in [0.3, 0.4) is 0 Å². The third kappa shape index (κ3) is 2.81. The number of carbonyl (C=O) groups is 1. The van der Waals surface area contributed by atoms with Crippen LogP contribution in [0, 0.1) is 5.82 Å². The molecule has 0 spiro atoms. The van der Waals surface area contributed by atoms with Crippen LogP contribution in [0.1, 0.15) is 0 Å². The molecule has 0 atom stereocenters. The molecule has 0 aliphatic heterocycles. The summed E-state index contributed by atoms with van der Waals surface area (Å²) >= 11 is 2.97. The molecule has 0 fully saturated rings. The molecule has 4 nitrogen and oxygen atoms in total. The summed E-state index contributed by atoms with van der Waals surface area (Å²) in [5.74, 6) is -1.11. The molecule has 0 radical (unpaired) electrons. The topological polar surface area (TPSA) is 61.7 Å². The highest BCUT2D eigenvalue weighted by atomic mass is 79.9. The maximum atomic E-state index is 12.9. The number of carbonyl (C=O) groups excluding carboxylic acids is 1. The third-order valence-corrected chi connectivity index (χ3v) is 2.01. The van der Waals surface area contributed by atoms with Gasteiger partial charge in [0, 0.05) is 5.69 Å². The highest BCUT2D eigenvalue weighted by Crippen LogP contribution is 2.18. The van der Waals surface area contributed by atoms with E-state index in [0.717, 1.165) is 6.07 Å². The van der Waals surface area contributed by atoms with Crippen molar-refractivity contribution >= 4 is 33.7 Å². The number of rotatable bonds is 2. The number of nitrogens with zero attached hydrogens (tertiary/aromatic N) is 1. The van der Waals surface area contributed by atoms with Gasteiger partial charge in [0.25, 0.3) is 5.91 Å². The van der Waals surface area contributed by atoms with Crippen molar-refractivity contribution in [2.45, 2.75) is 0 Å². The van der Waals surface area contributed by atoms with E-state index in [1.807, 2.05) is 0 Å². The fraction of sp³-hybridized carbons (Fsp3) is 0. The van der Waals surface area contributed by atoms with E-state index in [9.17, 15) is 9.18 Å². The second kappa shape index (κ2) is 4.71. The summed E-state index contributed by atoms with van der Waals surface area (Å²) in [6.45, 7) is 0. The van der Waals surface area contributed by atoms with Crippen molar-refractivity contribution in [1.29, 1.82) is 0 Å². The van der Waals surface area contributed by atoms with E-state index in [0.29, 0.717) is 10.7 Å². The van der Waals surface area contributed by atoms with Gasteiger partial charge in [-0.05, 0) is 34.1 Å². The van der Waals surface area contributed by atoms with E-state index in [2.05, 4.69) is 26.4 Å². The SMILES string of the molecule is O=C(C=NO)Nc1ccc(Br)c(F)c1. The number of hydrogen-bond donors (Lipinski definition) is 2. The Morgan fingerprint density at radius 2 is 2.36 bits per heavy atom. The lowest BCUT2D eigenvalue weighted by Crippen LogP contribution is -2.12. The number of nitrogens with one attached hydrogen (secondary N) is 1. The molecule has 1 amide bonds. The maximum Gasteiger partial charge on any atom is 0.270 e. The molecule has 0 aliphatic rings. The van der Waals surface area contributed by atoms with Crippen molar-refractivity contribution in [2.75, 3.05) is 5.32 Å². The summed E-state index contributed by atoms with van der Waals surface area (Å²) in [5, 5.41) is 12.9. The van der Waals surface area contributed by atoms with Crippen molar-refractivity contribution in [2.24, 2.45) is 5.16 Å². The molecular weight excluding hydrogens is 255 g/mol. The van der Waals surface area contributed by atoms with Crippen LogP contribution in [0.15, 0.2) is 27.8 Å². The lowest BCUT2D eigenvalue weighted by atomic mass is 10.3. The summed E-state index contributed by atoms with van der Waals surface area (Å²) in [7, 11) is 0. The molecule has 1 aromatic carbocycles. The Bertz CT molecular complexity index is 382. The van der Waals surface area contributed by atoms with E-state index in [-0.39, 0.29) is 5.69 Å². The average molecular weight is 261 g/mol. The zero-order chi connectivity index (χ0) is 10.6. The second-order valence-corrected chi connectivity index (χ2v) is 3.22. The summed E-state index contributed by atoms with van der Waals surface area (Å²) < 4.78 is 13.2. The van der Waals surface area contributed by atoms with Crippen LogP contribution in [0.5, 0.6) is 0 Å². The average Bonchev–Trinajstić information content (AvgIpc) is 2.12. The molecule has 14 heavy (non-hydrogen) atoms. The first-order valence-electron chi connectivity index (χ1n) is 3.57. The summed E-state index contributed by atoms with van der Waals surface area (Å²) in [4.78, 5) is 10.9. The van der Waals surface area contributed by atoms with E-state index >= 15 is 0 Å². The Labute approximate surface area is 87.5 Å². The number of amides is 1. The van der Waals surface area contributed by atoms with Gasteiger partial charge < -0.3 is 10.5 Å². The van der Waals surface area contributed by atoms with E-state index in [4.69, 9.17) is 5.21 Å². The van der Waals surface area contributed by atoms with Gasteiger partial charge in [-0.3, -0.25) is 4.79 Å². The Morgan fingerprint density at radius 3 is 2.93 bits per heavy atom. The van der Waals surface area contributed by atoms with E-state index in [1.54, 1.807) is 0 Å². The molecule has 0 bridgehead atoms. The minimum Gasteiger partial charge on any atom is -0.411 e. The molecule has 0 unspecified atom stereocenters. The highest BCUT2D eigenvalue weighted by Gasteiger charge is 2.02. The van der Waals surface area contributed by atoms with Crippen LogP contribution in [0.4, 0.5) is 10.1 Å². The Morgan fingerprint density at radius 1 is 1.64 bits per heavy atom. The van der Waals surface area contributed by atoms with Crippen LogP contribution < -0.4 is 5.32 Å². The number of hydrogen-bond acceptors (Lipinski definition) is 3. The fourth-order valence-electron chi connectivity index (χ4n) is 0.801. The Kier molecular flexibility index (Phi) is 3.58. The summed E-state index contributed by atoms with van der Waals surface area (Å²) in [6.07, 6.45) is 0.681. The lowest BCUT2D eigenvalue weighted by molar-refractivity contribution is -0.110. The molecule has 0 saturated carbocycles. The van der Waals surface area contributed by atoms with Gasteiger partial charge in [-0.1, -0.05) is 5.16 Å². The summed E-state index contributed by atoms with van der Waals surface area (Å²) in [6, 6.07) is 4.12. The monoisotopic (exact) mass is 260 g/mol. The zero-order valence-electron chi connectivity index (χ0n) is 6.87. The molecule has 0 aromatic heterocycles. The molecule has 0 heterocycles. The number of halogens is 2. The van der Waals surface area contributed by atoms with Crippen LogP contribution in [0.2, 0.25) is 0 Å². The third-order valence-electron chi connectivity index (χ3n) is 1.36. The van der Waals surface area contributed by atoms with Gasteiger partial charge in [-0.15, -0.1) is 0 Å². The van der Waals surface area contributed by atoms with Crippen LogP contribution in [0.25, 0.3) is 0 Å². The van der Waals surface area contributed by atoms with Gasteiger partial charge in [0.1, 0.15) is 12.0 Å². The van der Waals surface area contributed by atoms with Gasteiger partial charge >= 0.3 is 0 Å². The molecule has 2 N–H and O–H groups in total.